The molecule has 0 spiro atoms. The van der Waals surface area contributed by atoms with Gasteiger partial charge in [-0.3, -0.25) is 9.59 Å². The monoisotopic (exact) mass is 306 g/mol. The maximum Gasteiger partial charge on any atom is 0.270 e. The molecule has 6 nitrogen and oxygen atoms in total. The van der Waals surface area contributed by atoms with Crippen LogP contribution in [0.25, 0.3) is 5.52 Å². The van der Waals surface area contributed by atoms with Gasteiger partial charge in [0.25, 0.3) is 5.91 Å². The highest BCUT2D eigenvalue weighted by Gasteiger charge is 2.17. The Labute approximate surface area is 132 Å². The Kier molecular flexibility index (Phi) is 3.08. The van der Waals surface area contributed by atoms with Gasteiger partial charge in [-0.25, -0.2) is 4.52 Å². The van der Waals surface area contributed by atoms with Gasteiger partial charge in [0, 0.05) is 18.4 Å². The van der Waals surface area contributed by atoms with Crippen LogP contribution in [0.2, 0.25) is 0 Å². The second-order valence-corrected chi connectivity index (χ2v) is 5.48. The molecule has 0 atom stereocenters. The van der Waals surface area contributed by atoms with Gasteiger partial charge in [-0.05, 0) is 41.5 Å². The number of fused-ring (bicyclic) bond motifs is 2. The molecule has 0 bridgehead atoms. The Bertz CT molecular complexity index is 929. The van der Waals surface area contributed by atoms with E-state index in [4.69, 9.17) is 0 Å². The minimum Gasteiger partial charge on any atom is -0.347 e. The molecule has 23 heavy (non-hydrogen) atoms. The number of carbonyl (C=O) groups is 2. The minimum absolute atomic E-state index is 0.00640. The van der Waals surface area contributed by atoms with E-state index in [9.17, 15) is 9.59 Å². The Morgan fingerprint density at radius 1 is 1.26 bits per heavy atom. The zero-order chi connectivity index (χ0) is 15.8. The first-order valence-corrected chi connectivity index (χ1v) is 7.33. The highest BCUT2D eigenvalue weighted by molar-refractivity contribution is 5.99. The van der Waals surface area contributed by atoms with Crippen molar-refractivity contribution in [3.8, 4) is 0 Å². The summed E-state index contributed by atoms with van der Waals surface area (Å²) in [6, 6.07) is 13.1. The number of benzene rings is 1. The molecular weight excluding hydrogens is 292 g/mol. The predicted octanol–water partition coefficient (Wildman–Crippen LogP) is 1.76. The molecule has 0 saturated carbocycles. The zero-order valence-electron chi connectivity index (χ0n) is 12.2. The Morgan fingerprint density at radius 2 is 2.17 bits per heavy atom. The molecule has 6 heteroatoms. The average molecular weight is 306 g/mol. The first kappa shape index (κ1) is 13.5. The van der Waals surface area contributed by atoms with E-state index in [1.54, 1.807) is 16.8 Å². The van der Waals surface area contributed by atoms with Crippen molar-refractivity contribution in [3.63, 3.8) is 0 Å². The van der Waals surface area contributed by atoms with E-state index >= 15 is 0 Å². The molecule has 3 heterocycles. The fourth-order valence-electron chi connectivity index (χ4n) is 2.78. The minimum atomic E-state index is -0.182. The lowest BCUT2D eigenvalue weighted by Gasteiger charge is -2.07. The van der Waals surface area contributed by atoms with Crippen molar-refractivity contribution in [1.82, 2.24) is 14.9 Å². The lowest BCUT2D eigenvalue weighted by atomic mass is 10.1. The summed E-state index contributed by atoms with van der Waals surface area (Å²) >= 11 is 0. The van der Waals surface area contributed by atoms with Crippen molar-refractivity contribution in [2.45, 2.75) is 13.0 Å². The second-order valence-electron chi connectivity index (χ2n) is 5.48. The highest BCUT2D eigenvalue weighted by atomic mass is 16.2. The van der Waals surface area contributed by atoms with E-state index in [0.717, 1.165) is 22.3 Å². The van der Waals surface area contributed by atoms with Crippen LogP contribution in [0.15, 0.2) is 48.7 Å². The zero-order valence-corrected chi connectivity index (χ0v) is 12.2. The SMILES string of the molecule is O=C1Cc2cc(CNC(=O)c3ccc4cccnn34)ccc2N1. The number of anilines is 1. The van der Waals surface area contributed by atoms with E-state index in [2.05, 4.69) is 15.7 Å². The normalized spacial score (nSPS) is 13.0. The number of nitrogens with zero attached hydrogens (tertiary/aromatic N) is 2. The van der Waals surface area contributed by atoms with Crippen LogP contribution in [0, 0.1) is 0 Å². The third-order valence-electron chi connectivity index (χ3n) is 3.90. The van der Waals surface area contributed by atoms with E-state index < -0.39 is 0 Å². The summed E-state index contributed by atoms with van der Waals surface area (Å²) in [5.74, 6) is -0.176. The number of carbonyl (C=O) groups excluding carboxylic acids is 2. The Morgan fingerprint density at radius 3 is 3.09 bits per heavy atom. The maximum absolute atomic E-state index is 12.3. The molecule has 2 amide bonds. The number of amides is 2. The number of rotatable bonds is 3. The van der Waals surface area contributed by atoms with E-state index in [-0.39, 0.29) is 11.8 Å². The second kappa shape index (κ2) is 5.24. The molecular formula is C17H14N4O2. The molecule has 0 saturated heterocycles. The Balaban J connectivity index is 1.50. The quantitative estimate of drug-likeness (QED) is 0.774. The van der Waals surface area contributed by atoms with E-state index in [0.29, 0.717) is 18.7 Å². The van der Waals surface area contributed by atoms with Crippen molar-refractivity contribution in [3.05, 3.63) is 65.5 Å². The molecule has 2 N–H and O–H groups in total. The smallest absolute Gasteiger partial charge is 0.270 e. The van der Waals surface area contributed by atoms with Gasteiger partial charge in [-0.15, -0.1) is 0 Å². The van der Waals surface area contributed by atoms with Gasteiger partial charge in [-0.2, -0.15) is 5.10 Å². The van der Waals surface area contributed by atoms with Gasteiger partial charge >= 0.3 is 0 Å². The van der Waals surface area contributed by atoms with Gasteiger partial charge in [-0.1, -0.05) is 12.1 Å². The van der Waals surface area contributed by atoms with Crippen LogP contribution >= 0.6 is 0 Å². The first-order chi connectivity index (χ1) is 11.2. The van der Waals surface area contributed by atoms with Crippen molar-refractivity contribution in [2.24, 2.45) is 0 Å². The highest BCUT2D eigenvalue weighted by Crippen LogP contribution is 2.23. The fraction of sp³-hybridized carbons (Fsp3) is 0.118. The molecule has 0 radical (unpaired) electrons. The largest absolute Gasteiger partial charge is 0.347 e. The lowest BCUT2D eigenvalue weighted by Crippen LogP contribution is -2.24. The van der Waals surface area contributed by atoms with Crippen LogP contribution in [0.5, 0.6) is 0 Å². The number of aromatic nitrogens is 2. The predicted molar refractivity (Wildman–Crippen MR) is 85.1 cm³/mol. The molecule has 1 aliphatic rings. The molecule has 1 aliphatic heterocycles. The lowest BCUT2D eigenvalue weighted by molar-refractivity contribution is -0.115. The van der Waals surface area contributed by atoms with Crippen molar-refractivity contribution in [2.75, 3.05) is 5.32 Å². The number of nitrogens with one attached hydrogen (secondary N) is 2. The fourth-order valence-corrected chi connectivity index (χ4v) is 2.78. The van der Waals surface area contributed by atoms with Crippen LogP contribution in [-0.4, -0.2) is 21.4 Å². The van der Waals surface area contributed by atoms with Gasteiger partial charge in [0.2, 0.25) is 5.91 Å². The summed E-state index contributed by atoms with van der Waals surface area (Å²) in [6.07, 6.45) is 2.04. The van der Waals surface area contributed by atoms with Crippen LogP contribution in [-0.2, 0) is 17.8 Å². The Hall–Kier alpha value is -3.15. The van der Waals surface area contributed by atoms with Crippen LogP contribution in [0.3, 0.4) is 0 Å². The van der Waals surface area contributed by atoms with Crippen LogP contribution in [0.4, 0.5) is 5.69 Å². The van der Waals surface area contributed by atoms with Gasteiger partial charge in [0.15, 0.2) is 0 Å². The summed E-state index contributed by atoms with van der Waals surface area (Å²) < 4.78 is 1.61. The van der Waals surface area contributed by atoms with Crippen molar-refractivity contribution < 1.29 is 9.59 Å². The first-order valence-electron chi connectivity index (χ1n) is 7.33. The molecule has 2 aromatic heterocycles. The summed E-state index contributed by atoms with van der Waals surface area (Å²) in [5, 5.41) is 9.87. The molecule has 0 aliphatic carbocycles. The average Bonchev–Trinajstić information content (AvgIpc) is 3.14. The molecule has 3 aromatic rings. The van der Waals surface area contributed by atoms with E-state index in [1.807, 2.05) is 36.4 Å². The van der Waals surface area contributed by atoms with Gasteiger partial charge in [0.05, 0.1) is 11.9 Å². The molecule has 4 rings (SSSR count). The summed E-state index contributed by atoms with van der Waals surface area (Å²) in [5.41, 5.74) is 4.16. The standard InChI is InChI=1S/C17H14N4O2/c22-16-9-12-8-11(3-5-14(12)20-16)10-18-17(23)15-6-4-13-2-1-7-19-21(13)15/h1-8H,9-10H2,(H,18,23)(H,20,22). The summed E-state index contributed by atoms with van der Waals surface area (Å²) in [6.45, 7) is 0.403. The maximum atomic E-state index is 12.3. The molecule has 1 aromatic carbocycles. The summed E-state index contributed by atoms with van der Waals surface area (Å²) in [4.78, 5) is 23.7. The summed E-state index contributed by atoms with van der Waals surface area (Å²) in [7, 11) is 0. The molecule has 0 unspecified atom stereocenters. The number of hydrogen-bond acceptors (Lipinski definition) is 3. The molecule has 114 valence electrons. The topological polar surface area (TPSA) is 75.5 Å². The third kappa shape index (κ3) is 2.44. The van der Waals surface area contributed by atoms with Crippen molar-refractivity contribution in [1.29, 1.82) is 0 Å². The van der Waals surface area contributed by atoms with Gasteiger partial charge < -0.3 is 10.6 Å². The van der Waals surface area contributed by atoms with Crippen LogP contribution in [0.1, 0.15) is 21.6 Å². The van der Waals surface area contributed by atoms with E-state index in [1.165, 1.54) is 0 Å². The van der Waals surface area contributed by atoms with Crippen LogP contribution < -0.4 is 10.6 Å². The van der Waals surface area contributed by atoms with Crippen molar-refractivity contribution >= 4 is 23.0 Å². The number of hydrogen-bond donors (Lipinski definition) is 2. The molecule has 0 fully saturated rings. The van der Waals surface area contributed by atoms with Gasteiger partial charge in [0.1, 0.15) is 5.69 Å². The third-order valence-corrected chi connectivity index (χ3v) is 3.90.